The molecule has 0 aliphatic rings. The molecule has 1 aromatic carbocycles. The van der Waals surface area contributed by atoms with Crippen LogP contribution in [-0.4, -0.2) is 22.0 Å². The molecule has 1 heterocycles. The van der Waals surface area contributed by atoms with Crippen LogP contribution in [0.3, 0.4) is 0 Å². The lowest BCUT2D eigenvalue weighted by atomic mass is 10.1. The Morgan fingerprint density at radius 1 is 1.20 bits per heavy atom. The number of aromatic carboxylic acids is 1. The number of carbonyl (C=O) groups is 2. The molecular formula is C15H14N2O3. The van der Waals surface area contributed by atoms with Crippen molar-refractivity contribution in [3.63, 3.8) is 0 Å². The van der Waals surface area contributed by atoms with E-state index in [-0.39, 0.29) is 11.5 Å². The number of pyridine rings is 1. The van der Waals surface area contributed by atoms with Crippen molar-refractivity contribution >= 4 is 17.6 Å². The summed E-state index contributed by atoms with van der Waals surface area (Å²) in [4.78, 5) is 27.4. The summed E-state index contributed by atoms with van der Waals surface area (Å²) in [6, 6.07) is 8.09. The molecule has 0 spiro atoms. The van der Waals surface area contributed by atoms with Crippen LogP contribution < -0.4 is 5.32 Å². The van der Waals surface area contributed by atoms with Gasteiger partial charge in [0.15, 0.2) is 0 Å². The van der Waals surface area contributed by atoms with E-state index >= 15 is 0 Å². The number of rotatable bonds is 3. The van der Waals surface area contributed by atoms with E-state index in [0.29, 0.717) is 16.8 Å². The molecule has 0 unspecified atom stereocenters. The predicted molar refractivity (Wildman–Crippen MR) is 75.1 cm³/mol. The Balaban J connectivity index is 2.35. The van der Waals surface area contributed by atoms with E-state index in [1.807, 2.05) is 0 Å². The first-order chi connectivity index (χ1) is 9.49. The lowest BCUT2D eigenvalue weighted by Gasteiger charge is -2.11. The van der Waals surface area contributed by atoms with Gasteiger partial charge in [-0.3, -0.25) is 9.78 Å². The number of benzene rings is 1. The number of carboxylic acids is 1. The van der Waals surface area contributed by atoms with Gasteiger partial charge in [0.1, 0.15) is 0 Å². The Morgan fingerprint density at radius 3 is 2.60 bits per heavy atom. The highest BCUT2D eigenvalue weighted by molar-refractivity contribution is 6.08. The third kappa shape index (κ3) is 2.83. The average Bonchev–Trinajstić information content (AvgIpc) is 2.40. The number of hydrogen-bond donors (Lipinski definition) is 2. The second kappa shape index (κ2) is 5.52. The standard InChI is InChI=1S/C15H14N2O3/c1-9-4-3-5-12(15(19)20)13(9)17-14(18)11-6-7-16-10(2)8-11/h3-8H,1-2H3,(H,17,18)(H,19,20). The maximum absolute atomic E-state index is 12.2. The Kier molecular flexibility index (Phi) is 3.79. The minimum absolute atomic E-state index is 0.0733. The fourth-order valence-corrected chi connectivity index (χ4v) is 1.88. The lowest BCUT2D eigenvalue weighted by molar-refractivity contribution is 0.0698. The first kappa shape index (κ1) is 13.7. The molecule has 20 heavy (non-hydrogen) atoms. The van der Waals surface area contributed by atoms with E-state index in [1.165, 1.54) is 6.07 Å². The van der Waals surface area contributed by atoms with E-state index in [1.54, 1.807) is 44.3 Å². The molecule has 1 aromatic heterocycles. The molecule has 0 aliphatic carbocycles. The lowest BCUT2D eigenvalue weighted by Crippen LogP contribution is -2.16. The van der Waals surface area contributed by atoms with Gasteiger partial charge in [0, 0.05) is 17.5 Å². The summed E-state index contributed by atoms with van der Waals surface area (Å²) in [5.74, 6) is -1.43. The average molecular weight is 270 g/mol. The highest BCUT2D eigenvalue weighted by atomic mass is 16.4. The van der Waals surface area contributed by atoms with Gasteiger partial charge >= 0.3 is 5.97 Å². The Morgan fingerprint density at radius 2 is 1.95 bits per heavy atom. The molecule has 2 aromatic rings. The third-order valence-corrected chi connectivity index (χ3v) is 2.90. The van der Waals surface area contributed by atoms with Crippen LogP contribution in [-0.2, 0) is 0 Å². The highest BCUT2D eigenvalue weighted by Gasteiger charge is 2.15. The molecule has 1 amide bonds. The smallest absolute Gasteiger partial charge is 0.337 e. The largest absolute Gasteiger partial charge is 0.478 e. The number of nitrogens with zero attached hydrogens (tertiary/aromatic N) is 1. The summed E-state index contributed by atoms with van der Waals surface area (Å²) in [5.41, 5.74) is 2.26. The van der Waals surface area contributed by atoms with Crippen LogP contribution in [0.15, 0.2) is 36.5 Å². The number of nitrogens with one attached hydrogen (secondary N) is 1. The quantitative estimate of drug-likeness (QED) is 0.898. The van der Waals surface area contributed by atoms with Gasteiger partial charge in [-0.15, -0.1) is 0 Å². The Hall–Kier alpha value is -2.69. The SMILES string of the molecule is Cc1cc(C(=O)Nc2c(C)cccc2C(=O)O)ccn1. The van der Waals surface area contributed by atoms with Crippen LogP contribution >= 0.6 is 0 Å². The summed E-state index contributed by atoms with van der Waals surface area (Å²) >= 11 is 0. The monoisotopic (exact) mass is 270 g/mol. The van der Waals surface area contributed by atoms with Crippen molar-refractivity contribution in [2.24, 2.45) is 0 Å². The van der Waals surface area contributed by atoms with Crippen molar-refractivity contribution in [1.29, 1.82) is 0 Å². The fourth-order valence-electron chi connectivity index (χ4n) is 1.88. The van der Waals surface area contributed by atoms with Crippen molar-refractivity contribution in [2.75, 3.05) is 5.32 Å². The number of aryl methyl sites for hydroxylation is 2. The van der Waals surface area contributed by atoms with Gasteiger partial charge in [-0.05, 0) is 37.6 Å². The molecule has 0 saturated carbocycles. The van der Waals surface area contributed by atoms with E-state index in [2.05, 4.69) is 10.3 Å². The van der Waals surface area contributed by atoms with Crippen molar-refractivity contribution in [3.8, 4) is 0 Å². The van der Waals surface area contributed by atoms with Crippen molar-refractivity contribution in [2.45, 2.75) is 13.8 Å². The van der Waals surface area contributed by atoms with E-state index in [0.717, 1.165) is 5.69 Å². The minimum Gasteiger partial charge on any atom is -0.478 e. The van der Waals surface area contributed by atoms with Crippen LogP contribution in [0.1, 0.15) is 32.0 Å². The second-order valence-electron chi connectivity index (χ2n) is 4.44. The molecule has 0 atom stereocenters. The molecular weight excluding hydrogens is 256 g/mol. The number of amides is 1. The van der Waals surface area contributed by atoms with Crippen LogP contribution in [0.4, 0.5) is 5.69 Å². The van der Waals surface area contributed by atoms with Crippen molar-refractivity contribution < 1.29 is 14.7 Å². The Bertz CT molecular complexity index is 681. The van der Waals surface area contributed by atoms with Gasteiger partial charge in [-0.1, -0.05) is 12.1 Å². The van der Waals surface area contributed by atoms with Crippen molar-refractivity contribution in [1.82, 2.24) is 4.98 Å². The number of para-hydroxylation sites is 1. The van der Waals surface area contributed by atoms with Gasteiger partial charge in [0.25, 0.3) is 5.91 Å². The van der Waals surface area contributed by atoms with Gasteiger partial charge in [0.05, 0.1) is 11.3 Å². The van der Waals surface area contributed by atoms with Gasteiger partial charge < -0.3 is 10.4 Å². The first-order valence-corrected chi connectivity index (χ1v) is 6.06. The maximum Gasteiger partial charge on any atom is 0.337 e. The van der Waals surface area contributed by atoms with E-state index < -0.39 is 5.97 Å². The molecule has 0 radical (unpaired) electrons. The molecule has 2 N–H and O–H groups in total. The molecule has 0 aliphatic heterocycles. The van der Waals surface area contributed by atoms with E-state index in [4.69, 9.17) is 5.11 Å². The van der Waals surface area contributed by atoms with E-state index in [9.17, 15) is 9.59 Å². The molecule has 0 bridgehead atoms. The minimum atomic E-state index is -1.07. The number of aromatic nitrogens is 1. The summed E-state index contributed by atoms with van der Waals surface area (Å²) in [6.45, 7) is 3.53. The van der Waals surface area contributed by atoms with Gasteiger partial charge in [-0.25, -0.2) is 4.79 Å². The number of anilines is 1. The first-order valence-electron chi connectivity index (χ1n) is 6.06. The van der Waals surface area contributed by atoms with Crippen LogP contribution in [0.2, 0.25) is 0 Å². The predicted octanol–water partition coefficient (Wildman–Crippen LogP) is 2.65. The summed E-state index contributed by atoms with van der Waals surface area (Å²) in [7, 11) is 0. The zero-order valence-corrected chi connectivity index (χ0v) is 11.2. The van der Waals surface area contributed by atoms with Gasteiger partial charge in [0.2, 0.25) is 0 Å². The fraction of sp³-hybridized carbons (Fsp3) is 0.133. The Labute approximate surface area is 116 Å². The zero-order valence-electron chi connectivity index (χ0n) is 11.2. The van der Waals surface area contributed by atoms with Crippen LogP contribution in [0.5, 0.6) is 0 Å². The molecule has 0 saturated heterocycles. The summed E-state index contributed by atoms with van der Waals surface area (Å²) in [5, 5.41) is 11.8. The molecule has 0 fully saturated rings. The normalized spacial score (nSPS) is 10.1. The number of carbonyl (C=O) groups excluding carboxylic acids is 1. The molecule has 2 rings (SSSR count). The summed E-state index contributed by atoms with van der Waals surface area (Å²) < 4.78 is 0. The molecule has 5 heteroatoms. The zero-order chi connectivity index (χ0) is 14.7. The topological polar surface area (TPSA) is 79.3 Å². The van der Waals surface area contributed by atoms with Gasteiger partial charge in [-0.2, -0.15) is 0 Å². The summed E-state index contributed by atoms with van der Waals surface area (Å²) in [6.07, 6.45) is 1.54. The molecule has 5 nitrogen and oxygen atoms in total. The highest BCUT2D eigenvalue weighted by Crippen LogP contribution is 2.21. The second-order valence-corrected chi connectivity index (χ2v) is 4.44. The third-order valence-electron chi connectivity index (χ3n) is 2.90. The maximum atomic E-state index is 12.2. The van der Waals surface area contributed by atoms with Crippen molar-refractivity contribution in [3.05, 3.63) is 58.9 Å². The molecule has 102 valence electrons. The van der Waals surface area contributed by atoms with Crippen LogP contribution in [0.25, 0.3) is 0 Å². The number of carboxylic acid groups (broad SMARTS) is 1. The number of hydrogen-bond acceptors (Lipinski definition) is 3. The van der Waals surface area contributed by atoms with Crippen LogP contribution in [0, 0.1) is 13.8 Å².